The van der Waals surface area contributed by atoms with E-state index in [9.17, 15) is 18.0 Å². The van der Waals surface area contributed by atoms with Gasteiger partial charge in [0, 0.05) is 64.1 Å². The Morgan fingerprint density at radius 1 is 0.909 bits per heavy atom. The van der Waals surface area contributed by atoms with Crippen LogP contribution < -0.4 is 14.5 Å². The lowest BCUT2D eigenvalue weighted by Crippen LogP contribution is -2.49. The molecule has 178 valence electrons. The molecule has 3 heterocycles. The molecule has 0 radical (unpaired) electrons. The second-order valence-electron chi connectivity index (χ2n) is 8.30. The van der Waals surface area contributed by atoms with Gasteiger partial charge in [-0.15, -0.1) is 0 Å². The van der Waals surface area contributed by atoms with Gasteiger partial charge in [-0.2, -0.15) is 9.37 Å². The molecule has 0 saturated carbocycles. The van der Waals surface area contributed by atoms with E-state index in [0.29, 0.717) is 25.1 Å². The van der Waals surface area contributed by atoms with Crippen molar-refractivity contribution in [1.29, 1.82) is 0 Å². The van der Waals surface area contributed by atoms with Crippen LogP contribution in [0.4, 0.5) is 24.9 Å². The minimum Gasteiger partial charge on any atom is -0.491 e. The standard InChI is InChI=1S/C22H27F3N6O2/c1-14-12-17(29-6-4-28(2)5-7-29)27-22(26-14)31-10-8-30(9-11-31)21(32)15-13-16(23)19(25)20(33-3)18(15)24/h12-13H,4-11H2,1-3H3. The van der Waals surface area contributed by atoms with Gasteiger partial charge in [-0.25, -0.2) is 13.8 Å². The topological polar surface area (TPSA) is 65.0 Å². The van der Waals surface area contributed by atoms with E-state index in [1.807, 2.05) is 17.9 Å². The number of aromatic nitrogens is 2. The number of anilines is 2. The third kappa shape index (κ3) is 4.68. The molecular weight excluding hydrogens is 437 g/mol. The quantitative estimate of drug-likeness (QED) is 0.641. The molecule has 4 rings (SSSR count). The highest BCUT2D eigenvalue weighted by molar-refractivity contribution is 5.95. The van der Waals surface area contributed by atoms with E-state index in [1.54, 1.807) is 0 Å². The number of piperazine rings is 2. The molecule has 11 heteroatoms. The number of amides is 1. The molecule has 0 aliphatic carbocycles. The highest BCUT2D eigenvalue weighted by atomic mass is 19.2. The lowest BCUT2D eigenvalue weighted by atomic mass is 10.1. The zero-order valence-corrected chi connectivity index (χ0v) is 18.9. The smallest absolute Gasteiger partial charge is 0.257 e. The summed E-state index contributed by atoms with van der Waals surface area (Å²) in [4.78, 5) is 30.0. The fraction of sp³-hybridized carbons (Fsp3) is 0.500. The summed E-state index contributed by atoms with van der Waals surface area (Å²) in [6, 6.07) is 2.54. The third-order valence-corrected chi connectivity index (χ3v) is 6.06. The molecule has 1 amide bonds. The van der Waals surface area contributed by atoms with Crippen LogP contribution in [0.3, 0.4) is 0 Å². The van der Waals surface area contributed by atoms with Gasteiger partial charge in [0.05, 0.1) is 12.7 Å². The van der Waals surface area contributed by atoms with E-state index in [4.69, 9.17) is 4.98 Å². The molecular formula is C22H27F3N6O2. The number of likely N-dealkylation sites (N-methyl/N-ethyl adjacent to an activating group) is 1. The molecule has 0 bridgehead atoms. The highest BCUT2D eigenvalue weighted by Crippen LogP contribution is 2.28. The lowest BCUT2D eigenvalue weighted by molar-refractivity contribution is 0.0739. The molecule has 0 atom stereocenters. The van der Waals surface area contributed by atoms with Crippen LogP contribution in [0.2, 0.25) is 0 Å². The number of methoxy groups -OCH3 is 1. The van der Waals surface area contributed by atoms with Crippen LogP contribution in [0.25, 0.3) is 0 Å². The third-order valence-electron chi connectivity index (χ3n) is 6.06. The van der Waals surface area contributed by atoms with Gasteiger partial charge in [0.25, 0.3) is 5.91 Å². The number of hydrogen-bond acceptors (Lipinski definition) is 7. The van der Waals surface area contributed by atoms with Gasteiger partial charge >= 0.3 is 0 Å². The first-order valence-electron chi connectivity index (χ1n) is 10.8. The van der Waals surface area contributed by atoms with Crippen molar-refractivity contribution in [3.8, 4) is 5.75 Å². The maximum atomic E-state index is 14.5. The Morgan fingerprint density at radius 2 is 1.55 bits per heavy atom. The molecule has 8 nitrogen and oxygen atoms in total. The van der Waals surface area contributed by atoms with E-state index >= 15 is 0 Å². The van der Waals surface area contributed by atoms with Crippen molar-refractivity contribution in [2.75, 3.05) is 76.3 Å². The predicted molar refractivity (Wildman–Crippen MR) is 117 cm³/mol. The molecule has 1 aromatic heterocycles. The van der Waals surface area contributed by atoms with Crippen molar-refractivity contribution in [2.45, 2.75) is 6.92 Å². The molecule has 33 heavy (non-hydrogen) atoms. The van der Waals surface area contributed by atoms with E-state index < -0.39 is 34.7 Å². The SMILES string of the molecule is COc1c(F)c(F)cc(C(=O)N2CCN(c3nc(C)cc(N4CCN(C)CC4)n3)CC2)c1F. The lowest BCUT2D eigenvalue weighted by Gasteiger charge is -2.36. The van der Waals surface area contributed by atoms with Crippen molar-refractivity contribution in [1.82, 2.24) is 19.8 Å². The van der Waals surface area contributed by atoms with Crippen LogP contribution in [0, 0.1) is 24.4 Å². The average molecular weight is 464 g/mol. The van der Waals surface area contributed by atoms with Crippen molar-refractivity contribution >= 4 is 17.7 Å². The summed E-state index contributed by atoms with van der Waals surface area (Å²) in [6.07, 6.45) is 0. The van der Waals surface area contributed by atoms with Crippen molar-refractivity contribution in [2.24, 2.45) is 0 Å². The van der Waals surface area contributed by atoms with Gasteiger partial charge in [0.2, 0.25) is 11.8 Å². The first-order valence-corrected chi connectivity index (χ1v) is 10.8. The van der Waals surface area contributed by atoms with Crippen LogP contribution in [-0.4, -0.2) is 92.2 Å². The van der Waals surface area contributed by atoms with E-state index in [1.165, 1.54) is 4.90 Å². The molecule has 2 fully saturated rings. The zero-order valence-electron chi connectivity index (χ0n) is 18.9. The maximum absolute atomic E-state index is 14.5. The van der Waals surface area contributed by atoms with Crippen LogP contribution in [0.15, 0.2) is 12.1 Å². The minimum absolute atomic E-state index is 0.265. The summed E-state index contributed by atoms with van der Waals surface area (Å²) in [5, 5.41) is 0. The van der Waals surface area contributed by atoms with E-state index in [2.05, 4.69) is 26.6 Å². The first kappa shape index (κ1) is 23.1. The van der Waals surface area contributed by atoms with Gasteiger partial charge in [0.15, 0.2) is 17.4 Å². The van der Waals surface area contributed by atoms with Gasteiger partial charge < -0.3 is 24.3 Å². The van der Waals surface area contributed by atoms with Crippen molar-refractivity contribution in [3.63, 3.8) is 0 Å². The second kappa shape index (κ2) is 9.42. The van der Waals surface area contributed by atoms with Crippen LogP contribution >= 0.6 is 0 Å². The predicted octanol–water partition coefficient (Wildman–Crippen LogP) is 1.93. The van der Waals surface area contributed by atoms with Crippen LogP contribution in [0.5, 0.6) is 5.75 Å². The van der Waals surface area contributed by atoms with Crippen LogP contribution in [-0.2, 0) is 0 Å². The summed E-state index contributed by atoms with van der Waals surface area (Å²) in [5.41, 5.74) is 0.298. The molecule has 2 saturated heterocycles. The Bertz CT molecular complexity index is 1040. The van der Waals surface area contributed by atoms with Crippen molar-refractivity contribution < 1.29 is 22.7 Å². The number of hydrogen-bond donors (Lipinski definition) is 0. The number of benzene rings is 1. The summed E-state index contributed by atoms with van der Waals surface area (Å²) in [6.45, 7) is 7.01. The largest absolute Gasteiger partial charge is 0.491 e. The van der Waals surface area contributed by atoms with Crippen molar-refractivity contribution in [3.05, 3.63) is 40.8 Å². The second-order valence-corrected chi connectivity index (χ2v) is 8.30. The molecule has 0 spiro atoms. The fourth-order valence-electron chi connectivity index (χ4n) is 4.07. The van der Waals surface area contributed by atoms with Gasteiger partial charge in [-0.05, 0) is 20.0 Å². The average Bonchev–Trinajstić information content (AvgIpc) is 2.81. The van der Waals surface area contributed by atoms with E-state index in [0.717, 1.165) is 44.8 Å². The Labute approximate surface area is 190 Å². The number of nitrogens with zero attached hydrogens (tertiary/aromatic N) is 6. The monoisotopic (exact) mass is 464 g/mol. The summed E-state index contributed by atoms with van der Waals surface area (Å²) < 4.78 is 46.7. The molecule has 2 aliphatic rings. The summed E-state index contributed by atoms with van der Waals surface area (Å²) >= 11 is 0. The number of halogens is 3. The van der Waals surface area contributed by atoms with E-state index in [-0.39, 0.29) is 13.1 Å². The van der Waals surface area contributed by atoms with Gasteiger partial charge in [-0.3, -0.25) is 4.79 Å². The Kier molecular flexibility index (Phi) is 6.59. The number of aryl methyl sites for hydroxylation is 1. The molecule has 2 aliphatic heterocycles. The Morgan fingerprint density at radius 3 is 2.18 bits per heavy atom. The van der Waals surface area contributed by atoms with Gasteiger partial charge in [0.1, 0.15) is 5.82 Å². The zero-order chi connectivity index (χ0) is 23.7. The first-order chi connectivity index (χ1) is 15.8. The van der Waals surface area contributed by atoms with Crippen LogP contribution in [0.1, 0.15) is 16.1 Å². The normalized spacial score (nSPS) is 17.5. The summed E-state index contributed by atoms with van der Waals surface area (Å²) in [7, 11) is 3.11. The number of carbonyl (C=O) groups is 1. The molecule has 2 aromatic rings. The maximum Gasteiger partial charge on any atom is 0.257 e. The number of rotatable bonds is 4. The number of carbonyl (C=O) groups excluding carboxylic acids is 1. The molecule has 1 aromatic carbocycles. The Hall–Kier alpha value is -3.08. The number of ether oxygens (including phenoxy) is 1. The summed E-state index contributed by atoms with van der Waals surface area (Å²) in [5.74, 6) is -4.16. The highest BCUT2D eigenvalue weighted by Gasteiger charge is 2.29. The minimum atomic E-state index is -1.45. The van der Waals surface area contributed by atoms with Gasteiger partial charge in [-0.1, -0.05) is 0 Å². The molecule has 0 N–H and O–H groups in total. The fourth-order valence-corrected chi connectivity index (χ4v) is 4.07. The Balaban J connectivity index is 1.46. The molecule has 0 unspecified atom stereocenters.